The maximum absolute atomic E-state index is 3.56. The van der Waals surface area contributed by atoms with Crippen LogP contribution in [0.25, 0.3) is 10.9 Å². The van der Waals surface area contributed by atoms with Gasteiger partial charge < -0.3 is 4.57 Å². The van der Waals surface area contributed by atoms with E-state index in [1.54, 1.807) is 11.3 Å². The third-order valence-electron chi connectivity index (χ3n) is 6.15. The molecule has 26 heavy (non-hydrogen) atoms. The van der Waals surface area contributed by atoms with E-state index in [-0.39, 0.29) is 0 Å². The Hall–Kier alpha value is -1.58. The van der Waals surface area contributed by atoms with Crippen LogP contribution in [0.15, 0.2) is 46.9 Å². The van der Waals surface area contributed by atoms with Gasteiger partial charge in [0.05, 0.1) is 6.04 Å². The molecule has 0 bridgehead atoms. The standard InChI is InChI=1S/C23H25BrN2/c1-16-6-11-21-20(14-16)19-4-2-5-22-23(19)26(21)13-3-12-25(22)15-17-7-9-18(24)10-8-17/h6-11,14,22H,2-5,12-13,15H2,1H3. The largest absolute Gasteiger partial charge is 0.343 e. The fourth-order valence-electron chi connectivity index (χ4n) is 5.01. The Morgan fingerprint density at radius 1 is 1.04 bits per heavy atom. The van der Waals surface area contributed by atoms with E-state index >= 15 is 0 Å². The van der Waals surface area contributed by atoms with Crippen molar-refractivity contribution in [3.05, 3.63) is 69.3 Å². The molecule has 2 nitrogen and oxygen atoms in total. The van der Waals surface area contributed by atoms with Crippen LogP contribution >= 0.6 is 15.9 Å². The third-order valence-corrected chi connectivity index (χ3v) is 6.68. The molecule has 2 aliphatic rings. The number of hydrogen-bond donors (Lipinski definition) is 0. The van der Waals surface area contributed by atoms with Crippen LogP contribution in [0.4, 0.5) is 0 Å². The Morgan fingerprint density at radius 2 is 1.88 bits per heavy atom. The van der Waals surface area contributed by atoms with Crippen molar-refractivity contribution in [1.29, 1.82) is 0 Å². The highest BCUT2D eigenvalue weighted by Gasteiger charge is 2.33. The van der Waals surface area contributed by atoms with E-state index in [1.165, 1.54) is 54.3 Å². The molecule has 1 aromatic heterocycles. The maximum Gasteiger partial charge on any atom is 0.0507 e. The number of benzene rings is 2. The van der Waals surface area contributed by atoms with Crippen LogP contribution in [0, 0.1) is 6.92 Å². The first kappa shape index (κ1) is 16.6. The minimum Gasteiger partial charge on any atom is -0.343 e. The molecule has 0 amide bonds. The summed E-state index contributed by atoms with van der Waals surface area (Å²) in [5, 5.41) is 1.51. The predicted molar refractivity (Wildman–Crippen MR) is 112 cm³/mol. The van der Waals surface area contributed by atoms with Gasteiger partial charge >= 0.3 is 0 Å². The van der Waals surface area contributed by atoms with Crippen molar-refractivity contribution < 1.29 is 0 Å². The lowest BCUT2D eigenvalue weighted by Gasteiger charge is -2.33. The van der Waals surface area contributed by atoms with Crippen LogP contribution < -0.4 is 0 Å². The monoisotopic (exact) mass is 408 g/mol. The fourth-order valence-corrected chi connectivity index (χ4v) is 5.27. The van der Waals surface area contributed by atoms with Crippen LogP contribution in [-0.4, -0.2) is 16.0 Å². The van der Waals surface area contributed by atoms with Crippen molar-refractivity contribution in [3.8, 4) is 0 Å². The zero-order valence-electron chi connectivity index (χ0n) is 15.3. The van der Waals surface area contributed by atoms with Crippen molar-refractivity contribution in [2.24, 2.45) is 0 Å². The molecule has 0 saturated heterocycles. The lowest BCUT2D eigenvalue weighted by molar-refractivity contribution is 0.173. The summed E-state index contributed by atoms with van der Waals surface area (Å²) in [5.74, 6) is 0. The van der Waals surface area contributed by atoms with Gasteiger partial charge in [0.1, 0.15) is 0 Å². The van der Waals surface area contributed by atoms with E-state index in [9.17, 15) is 0 Å². The van der Waals surface area contributed by atoms with Crippen LogP contribution in [0.3, 0.4) is 0 Å². The summed E-state index contributed by atoms with van der Waals surface area (Å²) in [6, 6.07) is 16.5. The molecule has 1 aliphatic carbocycles. The molecule has 5 rings (SSSR count). The van der Waals surface area contributed by atoms with Gasteiger partial charge in [0.2, 0.25) is 0 Å². The van der Waals surface area contributed by atoms with Crippen LogP contribution in [0.2, 0.25) is 0 Å². The normalized spacial score (nSPS) is 20.2. The van der Waals surface area contributed by atoms with E-state index in [0.717, 1.165) is 17.6 Å². The maximum atomic E-state index is 3.56. The van der Waals surface area contributed by atoms with Gasteiger partial charge in [-0.2, -0.15) is 0 Å². The number of hydrogen-bond acceptors (Lipinski definition) is 1. The third kappa shape index (κ3) is 2.73. The summed E-state index contributed by atoms with van der Waals surface area (Å²) in [5.41, 5.74) is 7.50. The average Bonchev–Trinajstić information content (AvgIpc) is 2.83. The highest BCUT2D eigenvalue weighted by atomic mass is 79.9. The van der Waals surface area contributed by atoms with Gasteiger partial charge in [0.15, 0.2) is 0 Å². The van der Waals surface area contributed by atoms with E-state index in [0.29, 0.717) is 6.04 Å². The molecule has 1 unspecified atom stereocenters. The Morgan fingerprint density at radius 3 is 2.73 bits per heavy atom. The van der Waals surface area contributed by atoms with Crippen LogP contribution in [0.1, 0.15) is 47.7 Å². The molecule has 2 aromatic carbocycles. The van der Waals surface area contributed by atoms with Crippen molar-refractivity contribution in [3.63, 3.8) is 0 Å². The summed E-state index contributed by atoms with van der Waals surface area (Å²) < 4.78 is 3.81. The van der Waals surface area contributed by atoms with E-state index in [4.69, 9.17) is 0 Å². The zero-order chi connectivity index (χ0) is 17.7. The molecule has 0 fully saturated rings. The quantitative estimate of drug-likeness (QED) is 0.504. The molecule has 2 heterocycles. The van der Waals surface area contributed by atoms with Gasteiger partial charge in [-0.25, -0.2) is 0 Å². The molecule has 3 aromatic rings. The first-order valence-corrected chi connectivity index (χ1v) is 10.6. The van der Waals surface area contributed by atoms with Gasteiger partial charge in [-0.05, 0) is 68.0 Å². The van der Waals surface area contributed by atoms with Gasteiger partial charge in [0.25, 0.3) is 0 Å². The summed E-state index contributed by atoms with van der Waals surface area (Å²) in [6.07, 6.45) is 5.07. The number of halogens is 1. The minimum absolute atomic E-state index is 0.567. The van der Waals surface area contributed by atoms with Gasteiger partial charge in [-0.15, -0.1) is 0 Å². The second-order valence-corrected chi connectivity index (χ2v) is 8.81. The summed E-state index contributed by atoms with van der Waals surface area (Å²) in [7, 11) is 0. The Bertz CT molecular complexity index is 951. The molecule has 0 spiro atoms. The van der Waals surface area contributed by atoms with Crippen LogP contribution in [0.5, 0.6) is 0 Å². The molecule has 0 saturated carbocycles. The van der Waals surface area contributed by atoms with Crippen molar-refractivity contribution in [1.82, 2.24) is 9.47 Å². The molecule has 1 atom stereocenters. The SMILES string of the molecule is Cc1ccc2c(c1)c1c3n2CCCN(Cc2ccc(Br)cc2)C3CCC1. The zero-order valence-corrected chi connectivity index (χ0v) is 16.9. The molecular formula is C23H25BrN2. The molecule has 134 valence electrons. The van der Waals surface area contributed by atoms with Gasteiger partial charge in [-0.3, -0.25) is 4.90 Å². The van der Waals surface area contributed by atoms with E-state index in [2.05, 4.69) is 74.8 Å². The molecule has 3 heteroatoms. The van der Waals surface area contributed by atoms with Crippen LogP contribution in [-0.2, 0) is 19.5 Å². The first-order valence-electron chi connectivity index (χ1n) is 9.81. The lowest BCUT2D eigenvalue weighted by atomic mass is 9.90. The summed E-state index contributed by atoms with van der Waals surface area (Å²) >= 11 is 3.56. The minimum atomic E-state index is 0.567. The van der Waals surface area contributed by atoms with Crippen molar-refractivity contribution in [2.45, 2.75) is 51.7 Å². The Labute approximate surface area is 163 Å². The molecular weight excluding hydrogens is 384 g/mol. The summed E-state index contributed by atoms with van der Waals surface area (Å²) in [6.45, 7) is 5.62. The highest BCUT2D eigenvalue weighted by Crippen LogP contribution is 2.42. The van der Waals surface area contributed by atoms with Crippen molar-refractivity contribution >= 4 is 26.8 Å². The lowest BCUT2D eigenvalue weighted by Crippen LogP contribution is -2.30. The molecule has 1 aliphatic heterocycles. The van der Waals surface area contributed by atoms with Gasteiger partial charge in [-0.1, -0.05) is 39.7 Å². The number of rotatable bonds is 2. The number of nitrogens with zero attached hydrogens (tertiary/aromatic N) is 2. The Kier molecular flexibility index (Phi) is 4.17. The van der Waals surface area contributed by atoms with E-state index < -0.39 is 0 Å². The number of aryl methyl sites for hydroxylation is 3. The molecule has 0 radical (unpaired) electrons. The Balaban J connectivity index is 1.58. The second kappa shape index (κ2) is 6.54. The van der Waals surface area contributed by atoms with E-state index in [1.807, 2.05) is 0 Å². The fraction of sp³-hybridized carbons (Fsp3) is 0.391. The topological polar surface area (TPSA) is 8.17 Å². The highest BCUT2D eigenvalue weighted by molar-refractivity contribution is 9.10. The summed E-state index contributed by atoms with van der Waals surface area (Å²) in [4.78, 5) is 2.73. The van der Waals surface area contributed by atoms with Gasteiger partial charge in [0, 0.05) is 40.7 Å². The average molecular weight is 409 g/mol. The second-order valence-electron chi connectivity index (χ2n) is 7.89. The number of fused-ring (bicyclic) bond motifs is 3. The predicted octanol–water partition coefficient (Wildman–Crippen LogP) is 6.00. The smallest absolute Gasteiger partial charge is 0.0507 e. The van der Waals surface area contributed by atoms with Crippen molar-refractivity contribution in [2.75, 3.05) is 6.54 Å². The molecule has 0 N–H and O–H groups in total. The first-order chi connectivity index (χ1) is 12.7. The number of aromatic nitrogens is 1.